The number of amides is 1. The molecule has 22 heavy (non-hydrogen) atoms. The van der Waals surface area contributed by atoms with E-state index in [2.05, 4.69) is 5.32 Å². The van der Waals surface area contributed by atoms with E-state index in [1.807, 2.05) is 12.2 Å². The minimum Gasteiger partial charge on any atom is -0.481 e. The minimum atomic E-state index is -0.899. The molecule has 4 nitrogen and oxygen atoms in total. The van der Waals surface area contributed by atoms with Crippen LogP contribution in [0.3, 0.4) is 0 Å². The van der Waals surface area contributed by atoms with Gasteiger partial charge in [-0.2, -0.15) is 0 Å². The molecule has 2 fully saturated rings. The third kappa shape index (κ3) is 1.95. The number of carbonyl (C=O) groups excluding carboxylic acids is 1. The zero-order chi connectivity index (χ0) is 15.4. The van der Waals surface area contributed by atoms with Crippen LogP contribution in [-0.4, -0.2) is 17.0 Å². The molecular weight excluding hydrogens is 285 g/mol. The first-order valence-electron chi connectivity index (χ1n) is 7.54. The molecule has 0 heterocycles. The van der Waals surface area contributed by atoms with Gasteiger partial charge in [0.15, 0.2) is 0 Å². The molecule has 5 heteroatoms. The van der Waals surface area contributed by atoms with Crippen molar-refractivity contribution >= 4 is 17.6 Å². The summed E-state index contributed by atoms with van der Waals surface area (Å²) in [5.41, 5.74) is 0.494. The molecule has 0 aliphatic heterocycles. The lowest BCUT2D eigenvalue weighted by atomic mass is 9.62. The summed E-state index contributed by atoms with van der Waals surface area (Å²) < 4.78 is 12.9. The van der Waals surface area contributed by atoms with Crippen LogP contribution in [-0.2, 0) is 9.59 Å². The summed E-state index contributed by atoms with van der Waals surface area (Å²) in [4.78, 5) is 24.3. The maximum absolute atomic E-state index is 12.9. The van der Waals surface area contributed by atoms with E-state index in [0.717, 1.165) is 6.42 Å². The lowest BCUT2D eigenvalue weighted by Crippen LogP contribution is -2.48. The van der Waals surface area contributed by atoms with E-state index in [9.17, 15) is 19.1 Å². The fourth-order valence-corrected chi connectivity index (χ4v) is 4.33. The largest absolute Gasteiger partial charge is 0.481 e. The average molecular weight is 301 g/mol. The number of anilines is 1. The summed E-state index contributed by atoms with van der Waals surface area (Å²) in [6, 6.07) is 5.52. The molecule has 0 unspecified atom stereocenters. The Kier molecular flexibility index (Phi) is 2.86. The highest BCUT2D eigenvalue weighted by Crippen LogP contribution is 2.63. The van der Waals surface area contributed by atoms with E-state index in [0.29, 0.717) is 17.5 Å². The van der Waals surface area contributed by atoms with E-state index in [1.165, 1.54) is 24.3 Å². The van der Waals surface area contributed by atoms with Crippen molar-refractivity contribution < 1.29 is 19.1 Å². The molecule has 0 spiro atoms. The number of benzene rings is 1. The first-order chi connectivity index (χ1) is 10.6. The molecule has 4 aliphatic carbocycles. The van der Waals surface area contributed by atoms with Gasteiger partial charge >= 0.3 is 5.97 Å². The van der Waals surface area contributed by atoms with Crippen LogP contribution in [0, 0.1) is 41.3 Å². The summed E-state index contributed by atoms with van der Waals surface area (Å²) >= 11 is 0. The van der Waals surface area contributed by atoms with Crippen LogP contribution >= 0.6 is 0 Å². The van der Waals surface area contributed by atoms with Crippen molar-refractivity contribution in [2.45, 2.75) is 6.42 Å². The second kappa shape index (κ2) is 4.66. The van der Waals surface area contributed by atoms with Gasteiger partial charge in [0, 0.05) is 5.69 Å². The quantitative estimate of drug-likeness (QED) is 0.843. The number of hydrogen-bond acceptors (Lipinski definition) is 2. The molecule has 1 amide bonds. The van der Waals surface area contributed by atoms with E-state index < -0.39 is 17.8 Å². The maximum Gasteiger partial charge on any atom is 0.307 e. The maximum atomic E-state index is 12.9. The molecule has 6 atom stereocenters. The number of carbonyl (C=O) groups is 2. The Labute approximate surface area is 127 Å². The van der Waals surface area contributed by atoms with E-state index >= 15 is 0 Å². The molecule has 2 bridgehead atoms. The number of nitrogens with one attached hydrogen (secondary N) is 1. The lowest BCUT2D eigenvalue weighted by molar-refractivity contribution is -0.152. The summed E-state index contributed by atoms with van der Waals surface area (Å²) in [7, 11) is 0. The fraction of sp³-hybridized carbons (Fsp3) is 0.412. The van der Waals surface area contributed by atoms with Gasteiger partial charge in [0.25, 0.3) is 0 Å². The predicted octanol–water partition coefficient (Wildman–Crippen LogP) is 2.53. The van der Waals surface area contributed by atoms with Crippen LogP contribution in [0.1, 0.15) is 6.42 Å². The number of fused-ring (bicyclic) bond motifs is 1. The molecule has 0 radical (unpaired) electrons. The van der Waals surface area contributed by atoms with E-state index in [4.69, 9.17) is 0 Å². The van der Waals surface area contributed by atoms with Gasteiger partial charge in [-0.25, -0.2) is 4.39 Å². The summed E-state index contributed by atoms with van der Waals surface area (Å²) in [6.07, 6.45) is 5.03. The van der Waals surface area contributed by atoms with Crippen molar-refractivity contribution in [2.75, 3.05) is 5.32 Å². The number of carboxylic acids is 1. The van der Waals surface area contributed by atoms with Crippen LogP contribution in [0.5, 0.6) is 0 Å². The van der Waals surface area contributed by atoms with Gasteiger partial charge in [-0.05, 0) is 54.4 Å². The minimum absolute atomic E-state index is 0.0107. The number of aliphatic carboxylic acids is 1. The Morgan fingerprint density at radius 2 is 1.64 bits per heavy atom. The van der Waals surface area contributed by atoms with Crippen molar-refractivity contribution in [3.63, 3.8) is 0 Å². The number of allylic oxidation sites excluding steroid dienone is 2. The normalized spacial score (nSPS) is 37.5. The molecule has 1 aromatic carbocycles. The Morgan fingerprint density at radius 3 is 2.23 bits per heavy atom. The van der Waals surface area contributed by atoms with Crippen LogP contribution in [0.25, 0.3) is 0 Å². The van der Waals surface area contributed by atoms with Gasteiger partial charge in [-0.15, -0.1) is 0 Å². The third-order valence-corrected chi connectivity index (χ3v) is 5.35. The summed E-state index contributed by atoms with van der Waals surface area (Å²) in [5.74, 6) is -1.87. The van der Waals surface area contributed by atoms with Gasteiger partial charge in [-0.3, -0.25) is 9.59 Å². The molecule has 114 valence electrons. The van der Waals surface area contributed by atoms with Crippen molar-refractivity contribution in [1.29, 1.82) is 0 Å². The molecule has 2 saturated carbocycles. The Morgan fingerprint density at radius 1 is 1.05 bits per heavy atom. The molecule has 0 saturated heterocycles. The highest BCUT2D eigenvalue weighted by Gasteiger charge is 2.62. The highest BCUT2D eigenvalue weighted by atomic mass is 19.1. The first-order valence-corrected chi connectivity index (χ1v) is 7.54. The smallest absolute Gasteiger partial charge is 0.307 e. The number of halogens is 1. The van der Waals surface area contributed by atoms with Gasteiger partial charge in [-0.1, -0.05) is 12.2 Å². The summed E-state index contributed by atoms with van der Waals surface area (Å²) in [5, 5.41) is 12.3. The van der Waals surface area contributed by atoms with Gasteiger partial charge < -0.3 is 10.4 Å². The fourth-order valence-electron chi connectivity index (χ4n) is 4.33. The van der Waals surface area contributed by atoms with Gasteiger partial charge in [0.2, 0.25) is 5.91 Å². The van der Waals surface area contributed by atoms with Crippen molar-refractivity contribution in [1.82, 2.24) is 0 Å². The SMILES string of the molecule is O=C(O)[C@@H]1[C@H]2C=C[C@@H]([C@@H]3C[C@@H]23)[C@H]1C(=O)Nc1ccc(F)cc1. The van der Waals surface area contributed by atoms with Crippen molar-refractivity contribution in [3.05, 3.63) is 42.2 Å². The number of hydrogen-bond donors (Lipinski definition) is 2. The second-order valence-corrected chi connectivity index (χ2v) is 6.49. The number of carboxylic acid groups (broad SMARTS) is 1. The monoisotopic (exact) mass is 301 g/mol. The molecule has 1 aromatic rings. The predicted molar refractivity (Wildman–Crippen MR) is 77.4 cm³/mol. The Balaban J connectivity index is 1.60. The summed E-state index contributed by atoms with van der Waals surface area (Å²) in [6.45, 7) is 0. The Bertz CT molecular complexity index is 669. The molecule has 0 aromatic heterocycles. The number of rotatable bonds is 3. The van der Waals surface area contributed by atoms with Crippen molar-refractivity contribution in [2.24, 2.45) is 35.5 Å². The van der Waals surface area contributed by atoms with Gasteiger partial charge in [0.05, 0.1) is 11.8 Å². The van der Waals surface area contributed by atoms with Gasteiger partial charge in [0.1, 0.15) is 5.82 Å². The zero-order valence-electron chi connectivity index (χ0n) is 11.8. The third-order valence-electron chi connectivity index (χ3n) is 5.35. The highest BCUT2D eigenvalue weighted by molar-refractivity contribution is 5.96. The van der Waals surface area contributed by atoms with Crippen LogP contribution < -0.4 is 5.32 Å². The molecule has 2 N–H and O–H groups in total. The lowest BCUT2D eigenvalue weighted by Gasteiger charge is -2.41. The van der Waals surface area contributed by atoms with Crippen molar-refractivity contribution in [3.8, 4) is 0 Å². The van der Waals surface area contributed by atoms with E-state index in [1.54, 1.807) is 0 Å². The zero-order valence-corrected chi connectivity index (χ0v) is 11.8. The topological polar surface area (TPSA) is 66.4 Å². The standard InChI is InChI=1S/C17H16FNO3/c18-8-1-3-9(4-2-8)19-16(20)14-10-5-6-11(13-7-12(10)13)15(14)17(21)22/h1-6,10-15H,7H2,(H,19,20)(H,21,22)/t10-,11-,12-,13-,14+,15+/m0/s1. The second-order valence-electron chi connectivity index (χ2n) is 6.49. The van der Waals surface area contributed by atoms with Crippen LogP contribution in [0.4, 0.5) is 10.1 Å². The molecule has 5 rings (SSSR count). The molecular formula is C17H16FNO3. The Hall–Kier alpha value is -2.17. The average Bonchev–Trinajstić information content (AvgIpc) is 3.30. The molecule has 4 aliphatic rings. The first kappa shape index (κ1) is 13.5. The van der Waals surface area contributed by atoms with E-state index in [-0.39, 0.29) is 23.6 Å². The van der Waals surface area contributed by atoms with Crippen LogP contribution in [0.15, 0.2) is 36.4 Å². The van der Waals surface area contributed by atoms with Crippen LogP contribution in [0.2, 0.25) is 0 Å².